The monoisotopic (exact) mass is 435 g/mol. The van der Waals surface area contributed by atoms with Gasteiger partial charge in [0.25, 0.3) is 5.91 Å². The van der Waals surface area contributed by atoms with Crippen molar-refractivity contribution in [1.82, 2.24) is 14.9 Å². The van der Waals surface area contributed by atoms with Gasteiger partial charge in [-0.3, -0.25) is 4.79 Å². The zero-order valence-corrected chi connectivity index (χ0v) is 18.0. The number of thiazole rings is 1. The molecule has 1 amide bonds. The Morgan fingerprint density at radius 2 is 2.13 bits per heavy atom. The van der Waals surface area contributed by atoms with Crippen LogP contribution in [0.4, 0.5) is 10.2 Å². The quantitative estimate of drug-likeness (QED) is 0.632. The highest BCUT2D eigenvalue weighted by molar-refractivity contribution is 7.15. The summed E-state index contributed by atoms with van der Waals surface area (Å²) in [5.41, 5.74) is 1.75. The molecular weight excluding hydrogens is 413 g/mol. The first-order valence-corrected chi connectivity index (χ1v) is 11.0. The molecule has 6 nitrogen and oxygen atoms in total. The number of amides is 1. The van der Waals surface area contributed by atoms with Gasteiger partial charge in [-0.05, 0) is 56.0 Å². The van der Waals surface area contributed by atoms with Crippen molar-refractivity contribution in [3.8, 4) is 16.5 Å². The molecule has 0 bridgehead atoms. The topological polar surface area (TPSA) is 81.9 Å². The van der Waals surface area contributed by atoms with E-state index in [-0.39, 0.29) is 17.8 Å². The summed E-state index contributed by atoms with van der Waals surface area (Å²) in [5.74, 6) is 0.205. The van der Waals surface area contributed by atoms with Crippen molar-refractivity contribution in [3.05, 3.63) is 64.7 Å². The van der Waals surface area contributed by atoms with Crippen LogP contribution in [0.15, 0.2) is 42.6 Å². The van der Waals surface area contributed by atoms with E-state index in [0.717, 1.165) is 34.7 Å². The van der Waals surface area contributed by atoms with Gasteiger partial charge in [-0.25, -0.2) is 14.4 Å². The highest BCUT2D eigenvalue weighted by Crippen LogP contribution is 2.32. The third-order valence-electron chi connectivity index (χ3n) is 5.34. The highest BCUT2D eigenvalue weighted by atomic mass is 32.1. The normalized spacial score (nSPS) is 16.0. The van der Waals surface area contributed by atoms with Crippen LogP contribution in [0.1, 0.15) is 40.3 Å². The van der Waals surface area contributed by atoms with Gasteiger partial charge in [0.1, 0.15) is 17.3 Å². The van der Waals surface area contributed by atoms with Crippen LogP contribution in [0.5, 0.6) is 0 Å². The molecule has 31 heavy (non-hydrogen) atoms. The number of hydrogen-bond acceptors (Lipinski definition) is 6. The molecule has 1 aliphatic heterocycles. The average Bonchev–Trinajstić information content (AvgIpc) is 3.19. The number of piperidine rings is 1. The van der Waals surface area contributed by atoms with Gasteiger partial charge in [-0.1, -0.05) is 12.1 Å². The minimum absolute atomic E-state index is 0.00290. The van der Waals surface area contributed by atoms with E-state index in [1.54, 1.807) is 30.5 Å². The largest absolute Gasteiger partial charge is 0.368 e. The third kappa shape index (κ3) is 4.72. The fraction of sp³-hybridized carbons (Fsp3) is 0.304. The van der Waals surface area contributed by atoms with Crippen molar-refractivity contribution >= 4 is 23.1 Å². The second-order valence-corrected chi connectivity index (χ2v) is 8.69. The minimum atomic E-state index is -0.311. The number of carbonyl (C=O) groups excluding carboxylic acids is 1. The summed E-state index contributed by atoms with van der Waals surface area (Å²) >= 11 is 1.44. The van der Waals surface area contributed by atoms with E-state index >= 15 is 0 Å². The summed E-state index contributed by atoms with van der Waals surface area (Å²) in [6, 6.07) is 11.6. The fourth-order valence-electron chi connectivity index (χ4n) is 3.80. The van der Waals surface area contributed by atoms with Crippen molar-refractivity contribution in [1.29, 1.82) is 5.26 Å². The molecule has 0 aliphatic carbocycles. The van der Waals surface area contributed by atoms with Gasteiger partial charge in [0.2, 0.25) is 0 Å². The molecule has 1 saturated heterocycles. The van der Waals surface area contributed by atoms with Gasteiger partial charge in [-0.2, -0.15) is 5.26 Å². The molecule has 1 aromatic carbocycles. The van der Waals surface area contributed by atoms with Gasteiger partial charge < -0.3 is 10.2 Å². The lowest BCUT2D eigenvalue weighted by molar-refractivity contribution is 0.0623. The van der Waals surface area contributed by atoms with Crippen LogP contribution in [0.25, 0.3) is 10.4 Å². The van der Waals surface area contributed by atoms with E-state index < -0.39 is 0 Å². The highest BCUT2D eigenvalue weighted by Gasteiger charge is 2.31. The second-order valence-electron chi connectivity index (χ2n) is 7.49. The number of benzene rings is 1. The predicted octanol–water partition coefficient (Wildman–Crippen LogP) is 4.63. The van der Waals surface area contributed by atoms with Crippen molar-refractivity contribution in [3.63, 3.8) is 0 Å². The first-order valence-electron chi connectivity index (χ1n) is 10.2. The summed E-state index contributed by atoms with van der Waals surface area (Å²) in [5, 5.41) is 13.1. The van der Waals surface area contributed by atoms with Gasteiger partial charge in [-0.15, -0.1) is 11.3 Å². The third-order valence-corrected chi connectivity index (χ3v) is 6.36. The number of halogens is 1. The molecule has 0 saturated carbocycles. The van der Waals surface area contributed by atoms with Crippen LogP contribution in [0.3, 0.4) is 0 Å². The predicted molar refractivity (Wildman–Crippen MR) is 118 cm³/mol. The van der Waals surface area contributed by atoms with Crippen LogP contribution in [0, 0.1) is 24.1 Å². The van der Waals surface area contributed by atoms with Gasteiger partial charge in [0, 0.05) is 25.3 Å². The lowest BCUT2D eigenvalue weighted by atomic mass is 10.0. The van der Waals surface area contributed by atoms with Crippen LogP contribution in [-0.4, -0.2) is 39.9 Å². The van der Waals surface area contributed by atoms with E-state index in [0.29, 0.717) is 30.2 Å². The number of carbonyl (C=O) groups is 1. The smallest absolute Gasteiger partial charge is 0.274 e. The first-order chi connectivity index (χ1) is 15.0. The maximum Gasteiger partial charge on any atom is 0.274 e. The molecule has 0 radical (unpaired) electrons. The number of nitriles is 1. The summed E-state index contributed by atoms with van der Waals surface area (Å²) < 4.78 is 13.4. The summed E-state index contributed by atoms with van der Waals surface area (Å²) in [6.07, 6.45) is 4.46. The zero-order valence-electron chi connectivity index (χ0n) is 17.1. The number of rotatable bonds is 5. The number of likely N-dealkylation sites (tertiary alicyclic amines) is 1. The van der Waals surface area contributed by atoms with Crippen molar-refractivity contribution in [2.24, 2.45) is 0 Å². The number of aryl methyl sites for hydroxylation is 1. The molecule has 158 valence electrons. The van der Waals surface area contributed by atoms with E-state index in [1.807, 2.05) is 11.8 Å². The Balaban J connectivity index is 1.55. The van der Waals surface area contributed by atoms with Crippen molar-refractivity contribution in [2.45, 2.75) is 32.2 Å². The number of anilines is 1. The molecule has 3 aromatic rings. The number of aromatic nitrogens is 2. The zero-order chi connectivity index (χ0) is 21.8. The van der Waals surface area contributed by atoms with Gasteiger partial charge >= 0.3 is 0 Å². The van der Waals surface area contributed by atoms with Crippen LogP contribution >= 0.6 is 11.3 Å². The number of nitrogens with one attached hydrogen (secondary N) is 1. The molecule has 1 N–H and O–H groups in total. The lowest BCUT2D eigenvalue weighted by Gasteiger charge is -2.35. The van der Waals surface area contributed by atoms with E-state index in [1.165, 1.54) is 23.5 Å². The van der Waals surface area contributed by atoms with Gasteiger partial charge in [0.05, 0.1) is 21.5 Å². The summed E-state index contributed by atoms with van der Waals surface area (Å²) in [6.45, 7) is 3.08. The number of hydrogen-bond donors (Lipinski definition) is 1. The molecule has 2 aromatic heterocycles. The van der Waals surface area contributed by atoms with Crippen LogP contribution in [-0.2, 0) is 0 Å². The second kappa shape index (κ2) is 9.23. The first kappa shape index (κ1) is 20.9. The van der Waals surface area contributed by atoms with E-state index in [4.69, 9.17) is 5.26 Å². The molecule has 1 aliphatic rings. The number of pyridine rings is 1. The Morgan fingerprint density at radius 1 is 1.32 bits per heavy atom. The molecule has 0 unspecified atom stereocenters. The SMILES string of the molecule is Cc1nc(C(=O)N2CCCC[C@H]2CNc2cc(C#N)ccn2)c(-c2ccc(F)cc2)s1. The van der Waals surface area contributed by atoms with E-state index in [2.05, 4.69) is 21.4 Å². The van der Waals surface area contributed by atoms with Crippen LogP contribution in [0.2, 0.25) is 0 Å². The van der Waals surface area contributed by atoms with Crippen molar-refractivity contribution < 1.29 is 9.18 Å². The lowest BCUT2D eigenvalue weighted by Crippen LogP contribution is -2.47. The maximum atomic E-state index is 13.5. The Labute approximate surface area is 184 Å². The number of nitrogens with zero attached hydrogens (tertiary/aromatic N) is 4. The molecule has 4 rings (SSSR count). The molecule has 1 atom stereocenters. The Kier molecular flexibility index (Phi) is 6.23. The fourth-order valence-corrected chi connectivity index (χ4v) is 4.72. The maximum absolute atomic E-state index is 13.5. The molecule has 8 heteroatoms. The van der Waals surface area contributed by atoms with Crippen molar-refractivity contribution in [2.75, 3.05) is 18.4 Å². The summed E-state index contributed by atoms with van der Waals surface area (Å²) in [7, 11) is 0. The van der Waals surface area contributed by atoms with Crippen LogP contribution < -0.4 is 5.32 Å². The average molecular weight is 436 g/mol. The van der Waals surface area contributed by atoms with Gasteiger partial charge in [0.15, 0.2) is 0 Å². The minimum Gasteiger partial charge on any atom is -0.368 e. The molecule has 0 spiro atoms. The Bertz CT molecular complexity index is 1120. The Morgan fingerprint density at radius 3 is 2.90 bits per heavy atom. The molecule has 1 fully saturated rings. The standard InChI is InChI=1S/C23H22FN5OS/c1-15-28-21(22(31-15)17-5-7-18(24)8-6-17)23(30)29-11-3-2-4-19(29)14-27-20-12-16(13-25)9-10-26-20/h5-10,12,19H,2-4,11,14H2,1H3,(H,26,27)/t19-/m0/s1. The molecule has 3 heterocycles. The van der Waals surface area contributed by atoms with E-state index in [9.17, 15) is 9.18 Å². The summed E-state index contributed by atoms with van der Waals surface area (Å²) in [4.78, 5) is 24.9. The molecular formula is C23H22FN5OS. The Hall–Kier alpha value is -3.31.